The van der Waals surface area contributed by atoms with Crippen LogP contribution in [0.5, 0.6) is 5.75 Å². The minimum absolute atomic E-state index is 0.530. The summed E-state index contributed by atoms with van der Waals surface area (Å²) in [6, 6.07) is 18.4. The van der Waals surface area contributed by atoms with E-state index in [0.29, 0.717) is 13.1 Å². The lowest BCUT2D eigenvalue weighted by atomic mass is 10.0. The Labute approximate surface area is 158 Å². The molecule has 2 aromatic heterocycles. The SMILES string of the molecule is COc1ccc(Cn2nc(C)c3cc(-c4cccc(CN)c4)cnc32)cc1. The number of pyridine rings is 1. The first-order valence-corrected chi connectivity index (χ1v) is 8.93. The fourth-order valence-corrected chi connectivity index (χ4v) is 3.26. The predicted octanol–water partition coefficient (Wildman–Crippen LogP) is 3.92. The number of aromatic nitrogens is 3. The van der Waals surface area contributed by atoms with Crippen molar-refractivity contribution in [3.63, 3.8) is 0 Å². The van der Waals surface area contributed by atoms with E-state index < -0.39 is 0 Å². The van der Waals surface area contributed by atoms with E-state index in [1.165, 1.54) is 0 Å². The third-order valence-corrected chi connectivity index (χ3v) is 4.76. The molecular weight excluding hydrogens is 336 g/mol. The Balaban J connectivity index is 1.70. The van der Waals surface area contributed by atoms with Crippen molar-refractivity contribution in [3.05, 3.63) is 77.6 Å². The van der Waals surface area contributed by atoms with Crippen molar-refractivity contribution in [3.8, 4) is 16.9 Å². The fraction of sp³-hybridized carbons (Fsp3) is 0.182. The maximum absolute atomic E-state index is 5.77. The van der Waals surface area contributed by atoms with Crippen LogP contribution in [0, 0.1) is 6.92 Å². The summed E-state index contributed by atoms with van der Waals surface area (Å²) in [6.07, 6.45) is 1.91. The quantitative estimate of drug-likeness (QED) is 0.587. The van der Waals surface area contributed by atoms with Gasteiger partial charge in [0.05, 0.1) is 19.3 Å². The summed E-state index contributed by atoms with van der Waals surface area (Å²) in [6.45, 7) is 3.22. The maximum atomic E-state index is 5.77. The molecule has 0 aliphatic rings. The zero-order chi connectivity index (χ0) is 18.8. The minimum atomic E-state index is 0.530. The Morgan fingerprint density at radius 2 is 1.81 bits per heavy atom. The first kappa shape index (κ1) is 17.2. The molecule has 0 amide bonds. The molecule has 0 radical (unpaired) electrons. The van der Waals surface area contributed by atoms with Gasteiger partial charge in [-0.15, -0.1) is 0 Å². The van der Waals surface area contributed by atoms with Crippen molar-refractivity contribution in [2.75, 3.05) is 7.11 Å². The molecule has 0 fully saturated rings. The van der Waals surface area contributed by atoms with Gasteiger partial charge in [0.1, 0.15) is 5.75 Å². The lowest BCUT2D eigenvalue weighted by molar-refractivity contribution is 0.414. The Morgan fingerprint density at radius 1 is 1.00 bits per heavy atom. The van der Waals surface area contributed by atoms with Crippen LogP contribution in [0.4, 0.5) is 0 Å². The molecule has 0 aliphatic heterocycles. The van der Waals surface area contributed by atoms with E-state index in [4.69, 9.17) is 20.6 Å². The zero-order valence-corrected chi connectivity index (χ0v) is 15.5. The van der Waals surface area contributed by atoms with Gasteiger partial charge in [-0.3, -0.25) is 0 Å². The van der Waals surface area contributed by atoms with Crippen molar-refractivity contribution in [2.45, 2.75) is 20.0 Å². The Kier molecular flexibility index (Phi) is 4.60. The van der Waals surface area contributed by atoms with Gasteiger partial charge in [-0.2, -0.15) is 5.10 Å². The fourth-order valence-electron chi connectivity index (χ4n) is 3.26. The van der Waals surface area contributed by atoms with Gasteiger partial charge in [0.15, 0.2) is 5.65 Å². The molecule has 0 saturated heterocycles. The molecule has 4 rings (SSSR count). The van der Waals surface area contributed by atoms with Gasteiger partial charge in [0, 0.05) is 23.7 Å². The predicted molar refractivity (Wildman–Crippen MR) is 108 cm³/mol. The van der Waals surface area contributed by atoms with E-state index in [-0.39, 0.29) is 0 Å². The van der Waals surface area contributed by atoms with Crippen molar-refractivity contribution in [1.82, 2.24) is 14.8 Å². The highest BCUT2D eigenvalue weighted by Crippen LogP contribution is 2.26. The molecule has 4 aromatic rings. The number of fused-ring (bicyclic) bond motifs is 1. The summed E-state index contributed by atoms with van der Waals surface area (Å²) < 4.78 is 7.17. The molecular formula is C22H22N4O. The molecule has 0 atom stereocenters. The van der Waals surface area contributed by atoms with Crippen LogP contribution in [0.2, 0.25) is 0 Å². The van der Waals surface area contributed by atoms with Gasteiger partial charge in [-0.05, 0) is 47.9 Å². The highest BCUT2D eigenvalue weighted by atomic mass is 16.5. The molecule has 2 aromatic carbocycles. The second kappa shape index (κ2) is 7.21. The van der Waals surface area contributed by atoms with E-state index in [0.717, 1.165) is 44.7 Å². The number of benzene rings is 2. The third-order valence-electron chi connectivity index (χ3n) is 4.76. The molecule has 0 unspecified atom stereocenters. The van der Waals surface area contributed by atoms with Gasteiger partial charge >= 0.3 is 0 Å². The van der Waals surface area contributed by atoms with E-state index in [1.54, 1.807) is 7.11 Å². The Bertz CT molecular complexity index is 1080. The van der Waals surface area contributed by atoms with Crippen LogP contribution in [0.3, 0.4) is 0 Å². The number of nitrogens with two attached hydrogens (primary N) is 1. The topological polar surface area (TPSA) is 66.0 Å². The summed E-state index contributed by atoms with van der Waals surface area (Å²) in [4.78, 5) is 4.71. The van der Waals surface area contributed by atoms with E-state index >= 15 is 0 Å². The lowest BCUT2D eigenvalue weighted by Gasteiger charge is -2.06. The first-order valence-electron chi connectivity index (χ1n) is 8.93. The third kappa shape index (κ3) is 3.41. The monoisotopic (exact) mass is 358 g/mol. The molecule has 136 valence electrons. The molecule has 2 N–H and O–H groups in total. The van der Waals surface area contributed by atoms with E-state index in [1.807, 2.05) is 54.2 Å². The molecule has 0 saturated carbocycles. The molecule has 5 heteroatoms. The molecule has 0 bridgehead atoms. The van der Waals surface area contributed by atoms with Crippen LogP contribution in [-0.4, -0.2) is 21.9 Å². The largest absolute Gasteiger partial charge is 0.497 e. The van der Waals surface area contributed by atoms with Crippen LogP contribution in [0.15, 0.2) is 60.8 Å². The normalized spacial score (nSPS) is 11.1. The first-order chi connectivity index (χ1) is 13.2. The van der Waals surface area contributed by atoms with E-state index in [2.05, 4.69) is 18.2 Å². The summed E-state index contributed by atoms with van der Waals surface area (Å²) in [7, 11) is 1.67. The number of hydrogen-bond donors (Lipinski definition) is 1. The van der Waals surface area contributed by atoms with Crippen molar-refractivity contribution < 1.29 is 4.74 Å². The highest BCUT2D eigenvalue weighted by molar-refractivity contribution is 5.83. The highest BCUT2D eigenvalue weighted by Gasteiger charge is 2.11. The number of ether oxygens (including phenoxy) is 1. The number of methoxy groups -OCH3 is 1. The Hall–Kier alpha value is -3.18. The lowest BCUT2D eigenvalue weighted by Crippen LogP contribution is -2.03. The number of hydrogen-bond acceptors (Lipinski definition) is 4. The Morgan fingerprint density at radius 3 is 2.56 bits per heavy atom. The summed E-state index contributed by atoms with van der Waals surface area (Å²) in [5, 5.41) is 5.77. The second-order valence-electron chi connectivity index (χ2n) is 6.59. The zero-order valence-electron chi connectivity index (χ0n) is 15.5. The van der Waals surface area contributed by atoms with Crippen LogP contribution < -0.4 is 10.5 Å². The van der Waals surface area contributed by atoms with Gasteiger partial charge < -0.3 is 10.5 Å². The smallest absolute Gasteiger partial charge is 0.158 e. The second-order valence-corrected chi connectivity index (χ2v) is 6.59. The number of nitrogens with zero attached hydrogens (tertiary/aromatic N) is 3. The average molecular weight is 358 g/mol. The summed E-state index contributed by atoms with van der Waals surface area (Å²) >= 11 is 0. The molecule has 2 heterocycles. The maximum Gasteiger partial charge on any atom is 0.158 e. The summed E-state index contributed by atoms with van der Waals surface area (Å²) in [5.74, 6) is 0.850. The summed E-state index contributed by atoms with van der Waals surface area (Å²) in [5.41, 5.74) is 12.1. The van der Waals surface area contributed by atoms with Crippen molar-refractivity contribution in [2.24, 2.45) is 5.73 Å². The van der Waals surface area contributed by atoms with Crippen LogP contribution in [0.25, 0.3) is 22.2 Å². The minimum Gasteiger partial charge on any atom is -0.497 e. The van der Waals surface area contributed by atoms with Crippen molar-refractivity contribution in [1.29, 1.82) is 0 Å². The number of rotatable bonds is 5. The van der Waals surface area contributed by atoms with Gasteiger partial charge in [0.25, 0.3) is 0 Å². The van der Waals surface area contributed by atoms with E-state index in [9.17, 15) is 0 Å². The number of aryl methyl sites for hydroxylation is 1. The van der Waals surface area contributed by atoms with Gasteiger partial charge in [-0.25, -0.2) is 9.67 Å². The van der Waals surface area contributed by atoms with Crippen molar-refractivity contribution >= 4 is 11.0 Å². The molecule has 27 heavy (non-hydrogen) atoms. The molecule has 5 nitrogen and oxygen atoms in total. The average Bonchev–Trinajstić information content (AvgIpc) is 3.03. The van der Waals surface area contributed by atoms with Crippen LogP contribution >= 0.6 is 0 Å². The molecule has 0 aliphatic carbocycles. The van der Waals surface area contributed by atoms with Crippen LogP contribution in [0.1, 0.15) is 16.8 Å². The standard InChI is InChI=1S/C22H22N4O/c1-15-21-11-19(18-5-3-4-17(10-18)12-23)13-24-22(21)26(25-15)14-16-6-8-20(27-2)9-7-16/h3-11,13H,12,14,23H2,1-2H3. The molecule has 0 spiro atoms. The van der Waals surface area contributed by atoms with Crippen LogP contribution in [-0.2, 0) is 13.1 Å². The van der Waals surface area contributed by atoms with Gasteiger partial charge in [0.2, 0.25) is 0 Å². The van der Waals surface area contributed by atoms with Gasteiger partial charge in [-0.1, -0.05) is 30.3 Å².